The van der Waals surface area contributed by atoms with Crippen LogP contribution in [-0.2, 0) is 11.4 Å². The molecule has 0 aromatic heterocycles. The molecule has 0 aliphatic heterocycles. The molecular formula is C25H23ClF2N4O2S2. The van der Waals surface area contributed by atoms with Gasteiger partial charge in [-0.1, -0.05) is 23.5 Å². The molecule has 0 saturated heterocycles. The van der Waals surface area contributed by atoms with Gasteiger partial charge in [0.1, 0.15) is 29.7 Å². The predicted octanol–water partition coefficient (Wildman–Crippen LogP) is 6.79. The molecule has 0 spiro atoms. The van der Waals surface area contributed by atoms with Crippen molar-refractivity contribution in [2.45, 2.75) is 11.5 Å². The molecule has 4 N–H and O–H groups in total. The first-order valence-corrected chi connectivity index (χ1v) is 13.3. The maximum atomic E-state index is 13.9. The minimum atomic E-state index is -0.532. The van der Waals surface area contributed by atoms with E-state index >= 15 is 0 Å². The van der Waals surface area contributed by atoms with E-state index in [-0.39, 0.29) is 23.6 Å². The number of anilines is 2. The summed E-state index contributed by atoms with van der Waals surface area (Å²) in [6, 6.07) is 13.4. The number of nitrogens with one attached hydrogen (secondary N) is 2. The summed E-state index contributed by atoms with van der Waals surface area (Å²) >= 11 is 8.90. The van der Waals surface area contributed by atoms with Gasteiger partial charge in [-0.3, -0.25) is 9.79 Å². The van der Waals surface area contributed by atoms with Crippen LogP contribution < -0.4 is 20.5 Å². The van der Waals surface area contributed by atoms with Crippen LogP contribution in [0.5, 0.6) is 5.75 Å². The number of carbonyl (C=O) groups is 1. The number of rotatable bonds is 10. The summed E-state index contributed by atoms with van der Waals surface area (Å²) in [4.78, 5) is 17.7. The Bertz CT molecular complexity index is 1310. The molecule has 6 nitrogen and oxygen atoms in total. The minimum absolute atomic E-state index is 0.00144. The van der Waals surface area contributed by atoms with Gasteiger partial charge >= 0.3 is 0 Å². The second kappa shape index (κ2) is 13.2. The molecule has 0 bridgehead atoms. The fraction of sp³-hybridized carbons (Fsp3) is 0.120. The summed E-state index contributed by atoms with van der Waals surface area (Å²) in [6.45, 7) is -0.00144. The minimum Gasteiger partial charge on any atom is -0.487 e. The predicted molar refractivity (Wildman–Crippen MR) is 147 cm³/mol. The molecule has 188 valence electrons. The Morgan fingerprint density at radius 2 is 1.86 bits per heavy atom. The Morgan fingerprint density at radius 1 is 1.08 bits per heavy atom. The normalized spacial score (nSPS) is 11.5. The van der Waals surface area contributed by atoms with E-state index in [1.54, 1.807) is 24.3 Å². The van der Waals surface area contributed by atoms with Crippen LogP contribution in [0.1, 0.15) is 5.56 Å². The van der Waals surface area contributed by atoms with Crippen LogP contribution in [0.25, 0.3) is 0 Å². The molecule has 0 radical (unpaired) electrons. The third-order valence-electron chi connectivity index (χ3n) is 4.64. The zero-order valence-corrected chi connectivity index (χ0v) is 21.7. The number of nitrogens with two attached hydrogens (primary N) is 1. The van der Waals surface area contributed by atoms with Crippen LogP contribution in [0.4, 0.5) is 25.8 Å². The standard InChI is InChI=1S/C25H23ClF2N4O2S2/c1-35-22-6-15(5-19(28)9-22)14-34-24-10-18(27)3-4-23(24)30-13-16(12-29)25(33)31-20-7-17(26)8-21(11-20)32-36-2/h3-13,32H,14,29H2,1-2H3,(H,31,33)/b16-12+,30-13?. The fourth-order valence-electron chi connectivity index (χ4n) is 3.05. The van der Waals surface area contributed by atoms with Crippen molar-refractivity contribution >= 4 is 64.5 Å². The Labute approximate surface area is 221 Å². The molecule has 0 atom stereocenters. The summed E-state index contributed by atoms with van der Waals surface area (Å²) in [5, 5.41) is 3.15. The quantitative estimate of drug-likeness (QED) is 0.112. The van der Waals surface area contributed by atoms with Crippen molar-refractivity contribution < 1.29 is 18.3 Å². The highest BCUT2D eigenvalue weighted by atomic mass is 35.5. The third kappa shape index (κ3) is 7.91. The second-order valence-electron chi connectivity index (χ2n) is 7.27. The van der Waals surface area contributed by atoms with Gasteiger partial charge in [0.05, 0.1) is 5.57 Å². The summed E-state index contributed by atoms with van der Waals surface area (Å²) in [5.74, 6) is -1.32. The molecule has 36 heavy (non-hydrogen) atoms. The lowest BCUT2D eigenvalue weighted by Crippen LogP contribution is -2.16. The Morgan fingerprint density at radius 3 is 2.58 bits per heavy atom. The average molecular weight is 549 g/mol. The zero-order valence-electron chi connectivity index (χ0n) is 19.3. The number of hydrogen-bond acceptors (Lipinski definition) is 7. The van der Waals surface area contributed by atoms with E-state index < -0.39 is 17.5 Å². The number of thioether (sulfide) groups is 1. The molecule has 0 saturated carbocycles. The van der Waals surface area contributed by atoms with E-state index in [9.17, 15) is 13.6 Å². The van der Waals surface area contributed by atoms with Crippen LogP contribution in [0.15, 0.2) is 76.3 Å². The number of hydrogen-bond donors (Lipinski definition) is 3. The van der Waals surface area contributed by atoms with Crippen LogP contribution in [0.3, 0.4) is 0 Å². The number of ether oxygens (including phenoxy) is 1. The Balaban J connectivity index is 1.76. The first-order chi connectivity index (χ1) is 17.3. The lowest BCUT2D eigenvalue weighted by atomic mass is 10.2. The van der Waals surface area contributed by atoms with Crippen molar-refractivity contribution in [3.05, 3.63) is 88.6 Å². The maximum Gasteiger partial charge on any atom is 0.258 e. The molecule has 3 aromatic carbocycles. The second-order valence-corrected chi connectivity index (χ2v) is 9.20. The van der Waals surface area contributed by atoms with Gasteiger partial charge < -0.3 is 20.5 Å². The SMILES string of the molecule is CSNc1cc(Cl)cc(NC(=O)/C(C=Nc2ccc(F)cc2OCc2cc(F)cc(SC)c2)=C/N)c1. The molecule has 1 amide bonds. The average Bonchev–Trinajstić information content (AvgIpc) is 2.83. The lowest BCUT2D eigenvalue weighted by molar-refractivity contribution is -0.112. The molecule has 3 rings (SSSR count). The van der Waals surface area contributed by atoms with Gasteiger partial charge in [-0.25, -0.2) is 8.78 Å². The number of carbonyl (C=O) groups excluding carboxylic acids is 1. The van der Waals surface area contributed by atoms with E-state index in [0.29, 0.717) is 22.0 Å². The van der Waals surface area contributed by atoms with Crippen LogP contribution in [0.2, 0.25) is 5.02 Å². The van der Waals surface area contributed by atoms with Crippen molar-refractivity contribution in [3.8, 4) is 5.75 Å². The number of halogens is 3. The highest BCUT2D eigenvalue weighted by molar-refractivity contribution is 7.99. The number of aliphatic imine (C=N–C) groups is 1. The zero-order chi connectivity index (χ0) is 26.1. The topological polar surface area (TPSA) is 88.7 Å². The molecular weight excluding hydrogens is 526 g/mol. The van der Waals surface area contributed by atoms with Crippen LogP contribution in [0, 0.1) is 11.6 Å². The highest BCUT2D eigenvalue weighted by Crippen LogP contribution is 2.30. The molecule has 0 heterocycles. The Kier molecular flexibility index (Phi) is 10.0. The number of amides is 1. The number of benzene rings is 3. The first kappa shape index (κ1) is 27.4. The third-order valence-corrected chi connectivity index (χ3v) is 6.01. The monoisotopic (exact) mass is 548 g/mol. The first-order valence-electron chi connectivity index (χ1n) is 10.4. The van der Waals surface area contributed by atoms with Crippen molar-refractivity contribution in [2.75, 3.05) is 22.6 Å². The van der Waals surface area contributed by atoms with Gasteiger partial charge in [0.15, 0.2) is 0 Å². The highest BCUT2D eigenvalue weighted by Gasteiger charge is 2.11. The van der Waals surface area contributed by atoms with E-state index in [2.05, 4.69) is 15.0 Å². The summed E-state index contributed by atoms with van der Waals surface area (Å²) in [6.07, 6.45) is 6.04. The van der Waals surface area contributed by atoms with Gasteiger partial charge in [0, 0.05) is 46.0 Å². The fourth-order valence-corrected chi connectivity index (χ4v) is 4.14. The van der Waals surface area contributed by atoms with E-state index in [0.717, 1.165) is 11.1 Å². The molecule has 0 unspecified atom stereocenters. The van der Waals surface area contributed by atoms with Gasteiger partial charge in [-0.2, -0.15) is 0 Å². The van der Waals surface area contributed by atoms with E-state index in [1.165, 1.54) is 60.3 Å². The molecule has 0 fully saturated rings. The summed E-state index contributed by atoms with van der Waals surface area (Å²) < 4.78 is 36.5. The Hall–Kier alpha value is -3.21. The molecule has 11 heteroatoms. The summed E-state index contributed by atoms with van der Waals surface area (Å²) in [7, 11) is 0. The van der Waals surface area contributed by atoms with Crippen molar-refractivity contribution in [1.29, 1.82) is 0 Å². The maximum absolute atomic E-state index is 13.9. The number of nitrogens with zero attached hydrogens (tertiary/aromatic N) is 1. The van der Waals surface area contributed by atoms with Crippen molar-refractivity contribution in [1.82, 2.24) is 0 Å². The molecule has 0 aliphatic rings. The van der Waals surface area contributed by atoms with Gasteiger partial charge in [-0.15, -0.1) is 11.8 Å². The summed E-state index contributed by atoms with van der Waals surface area (Å²) in [5.41, 5.74) is 7.73. The van der Waals surface area contributed by atoms with Gasteiger partial charge in [0.2, 0.25) is 0 Å². The lowest BCUT2D eigenvalue weighted by Gasteiger charge is -2.11. The van der Waals surface area contributed by atoms with Crippen LogP contribution >= 0.6 is 35.3 Å². The molecule has 0 aliphatic carbocycles. The van der Waals surface area contributed by atoms with Crippen LogP contribution in [-0.4, -0.2) is 24.6 Å². The van der Waals surface area contributed by atoms with Crippen molar-refractivity contribution in [2.24, 2.45) is 10.7 Å². The van der Waals surface area contributed by atoms with Gasteiger partial charge in [0.25, 0.3) is 5.91 Å². The van der Waals surface area contributed by atoms with E-state index in [1.807, 2.05) is 12.5 Å². The molecule has 3 aromatic rings. The van der Waals surface area contributed by atoms with Gasteiger partial charge in [-0.05, 0) is 60.4 Å². The largest absolute Gasteiger partial charge is 0.487 e. The smallest absolute Gasteiger partial charge is 0.258 e. The van der Waals surface area contributed by atoms with Crippen molar-refractivity contribution in [3.63, 3.8) is 0 Å². The van der Waals surface area contributed by atoms with E-state index in [4.69, 9.17) is 22.1 Å².